The van der Waals surface area contributed by atoms with Crippen LogP contribution in [0, 0.1) is 0 Å². The van der Waals surface area contributed by atoms with E-state index >= 15 is 0 Å². The van der Waals surface area contributed by atoms with Gasteiger partial charge in [0.25, 0.3) is 10.1 Å². The van der Waals surface area contributed by atoms with E-state index in [0.29, 0.717) is 6.42 Å². The molecular weight excluding hydrogens is 310 g/mol. The smallest absolute Gasteiger partial charge is 0.328 e. The van der Waals surface area contributed by atoms with E-state index in [-0.39, 0.29) is 7.18 Å². The first-order valence-corrected chi connectivity index (χ1v) is 11.1. The van der Waals surface area contributed by atoms with Crippen molar-refractivity contribution in [3.63, 3.8) is 0 Å². The highest BCUT2D eigenvalue weighted by Gasteiger charge is 2.14. The molecule has 0 spiro atoms. The molecule has 0 radical (unpaired) electrons. The first-order valence-electron chi connectivity index (χ1n) is 9.54. The Morgan fingerprint density at radius 3 is 1.57 bits per heavy atom. The first-order chi connectivity index (χ1) is 10.8. The molecule has 0 saturated heterocycles. The van der Waals surface area contributed by atoms with E-state index in [0.717, 1.165) is 24.0 Å². The van der Waals surface area contributed by atoms with Crippen molar-refractivity contribution in [2.45, 2.75) is 84.0 Å². The maximum absolute atomic E-state index is 10.7. The summed E-state index contributed by atoms with van der Waals surface area (Å²) in [6, 6.07) is 0. The van der Waals surface area contributed by atoms with Gasteiger partial charge in [0.1, 0.15) is 0 Å². The third-order valence-corrected chi connectivity index (χ3v) is 5.34. The van der Waals surface area contributed by atoms with Crippen molar-refractivity contribution in [3.8, 4) is 0 Å². The molecule has 0 saturated carbocycles. The SMILES string of the molecule is CCCCCCCCCCCC[N+](C)(C)CCCCS(=O)(=O)O.[H+]. The summed E-state index contributed by atoms with van der Waals surface area (Å²) in [6.45, 7) is 4.39. The van der Waals surface area contributed by atoms with Crippen molar-refractivity contribution in [2.24, 2.45) is 0 Å². The molecule has 1 N–H and O–H groups in total. The van der Waals surface area contributed by atoms with Gasteiger partial charge in [-0.05, 0) is 25.7 Å². The molecular formula is C18H41NO3S+2. The van der Waals surface area contributed by atoms with Crippen LogP contribution in [0.15, 0.2) is 0 Å². The fourth-order valence-corrected chi connectivity index (χ4v) is 3.53. The van der Waals surface area contributed by atoms with Crippen molar-refractivity contribution < 1.29 is 18.9 Å². The summed E-state index contributed by atoms with van der Waals surface area (Å²) in [4.78, 5) is 0. The van der Waals surface area contributed by atoms with Crippen LogP contribution < -0.4 is 0 Å². The number of unbranched alkanes of at least 4 members (excludes halogenated alkanes) is 10. The Balaban J connectivity index is 0. The lowest BCUT2D eigenvalue weighted by Gasteiger charge is -2.29. The summed E-state index contributed by atoms with van der Waals surface area (Å²) in [5, 5.41) is 0. The molecule has 0 aromatic heterocycles. The largest absolute Gasteiger partial charge is 1.00 e. The molecule has 0 rings (SSSR count). The monoisotopic (exact) mass is 351 g/mol. The lowest BCUT2D eigenvalue weighted by atomic mass is 10.1. The number of hydrogen-bond acceptors (Lipinski definition) is 2. The quantitative estimate of drug-likeness (QED) is 0.248. The minimum Gasteiger partial charge on any atom is -0.328 e. The number of rotatable bonds is 16. The minimum atomic E-state index is -3.79. The fourth-order valence-electron chi connectivity index (χ4n) is 2.96. The second-order valence-electron chi connectivity index (χ2n) is 7.56. The van der Waals surface area contributed by atoms with E-state index in [1.54, 1.807) is 0 Å². The average Bonchev–Trinajstić information content (AvgIpc) is 2.45. The molecule has 0 aliphatic carbocycles. The van der Waals surface area contributed by atoms with Crippen LogP contribution in [0.5, 0.6) is 0 Å². The van der Waals surface area contributed by atoms with E-state index in [1.807, 2.05) is 0 Å². The van der Waals surface area contributed by atoms with Crippen LogP contribution in [0.2, 0.25) is 0 Å². The normalized spacial score (nSPS) is 12.7. The molecule has 0 heterocycles. The van der Waals surface area contributed by atoms with E-state index in [1.165, 1.54) is 64.2 Å². The van der Waals surface area contributed by atoms with Crippen LogP contribution in [0.25, 0.3) is 0 Å². The lowest BCUT2D eigenvalue weighted by Crippen LogP contribution is -2.41. The molecule has 0 unspecified atom stereocenters. The van der Waals surface area contributed by atoms with Crippen molar-refractivity contribution in [1.82, 2.24) is 0 Å². The van der Waals surface area contributed by atoms with Gasteiger partial charge in [0, 0.05) is 0 Å². The van der Waals surface area contributed by atoms with Gasteiger partial charge in [0.15, 0.2) is 0 Å². The Morgan fingerprint density at radius 1 is 0.739 bits per heavy atom. The molecule has 23 heavy (non-hydrogen) atoms. The molecule has 0 aromatic rings. The molecule has 0 fully saturated rings. The standard InChI is InChI=1S/C18H39NO3S/c1-4-5-6-7-8-9-10-11-12-13-16-19(2,3)17-14-15-18-23(20,21)22/h4-18H2,1-3H3/p+2. The zero-order valence-electron chi connectivity index (χ0n) is 16.7. The third-order valence-electron chi connectivity index (χ3n) is 4.53. The second-order valence-corrected chi connectivity index (χ2v) is 9.13. The van der Waals surface area contributed by atoms with Crippen LogP contribution in [-0.4, -0.2) is 50.4 Å². The lowest BCUT2D eigenvalue weighted by molar-refractivity contribution is -0.890. The average molecular weight is 352 g/mol. The summed E-state index contributed by atoms with van der Waals surface area (Å²) >= 11 is 0. The van der Waals surface area contributed by atoms with Gasteiger partial charge in [-0.25, -0.2) is 0 Å². The van der Waals surface area contributed by atoms with Gasteiger partial charge in [0.2, 0.25) is 0 Å². The summed E-state index contributed by atoms with van der Waals surface area (Å²) in [5.41, 5.74) is 0. The summed E-state index contributed by atoms with van der Waals surface area (Å²) < 4.78 is 31.0. The van der Waals surface area contributed by atoms with Crippen LogP contribution in [0.4, 0.5) is 0 Å². The third kappa shape index (κ3) is 18.1. The minimum absolute atomic E-state index is 0. The predicted molar refractivity (Wildman–Crippen MR) is 100 cm³/mol. The van der Waals surface area contributed by atoms with Crippen LogP contribution in [0.1, 0.15) is 85.4 Å². The second kappa shape index (κ2) is 13.2. The van der Waals surface area contributed by atoms with Crippen molar-refractivity contribution >= 4 is 10.1 Å². The van der Waals surface area contributed by atoms with Gasteiger partial charge in [-0.3, -0.25) is 4.55 Å². The Bertz CT molecular complexity index is 372. The Hall–Kier alpha value is -0.130. The van der Waals surface area contributed by atoms with Gasteiger partial charge in [0.05, 0.1) is 32.9 Å². The Morgan fingerprint density at radius 2 is 1.13 bits per heavy atom. The summed E-state index contributed by atoms with van der Waals surface area (Å²) in [5.74, 6) is -0.106. The molecule has 0 atom stereocenters. The van der Waals surface area contributed by atoms with Crippen LogP contribution >= 0.6 is 0 Å². The number of nitrogens with zero attached hydrogens (tertiary/aromatic N) is 1. The summed E-state index contributed by atoms with van der Waals surface area (Å²) in [6.07, 6.45) is 15.0. The molecule has 0 aromatic carbocycles. The van der Waals surface area contributed by atoms with Gasteiger partial charge in [-0.1, -0.05) is 58.3 Å². The first kappa shape index (κ1) is 22.9. The maximum atomic E-state index is 10.7. The van der Waals surface area contributed by atoms with Gasteiger partial charge in [-0.2, -0.15) is 8.42 Å². The highest BCUT2D eigenvalue weighted by Crippen LogP contribution is 2.12. The van der Waals surface area contributed by atoms with Crippen molar-refractivity contribution in [1.29, 1.82) is 0 Å². The van der Waals surface area contributed by atoms with Gasteiger partial charge < -0.3 is 4.48 Å². The molecule has 5 heteroatoms. The van der Waals surface area contributed by atoms with Crippen LogP contribution in [0.3, 0.4) is 0 Å². The summed E-state index contributed by atoms with van der Waals surface area (Å²) in [7, 11) is 0.633. The Labute approximate surface area is 146 Å². The van der Waals surface area contributed by atoms with Crippen molar-refractivity contribution in [3.05, 3.63) is 0 Å². The van der Waals surface area contributed by atoms with Crippen molar-refractivity contribution in [2.75, 3.05) is 32.9 Å². The molecule has 0 amide bonds. The van der Waals surface area contributed by atoms with E-state index in [2.05, 4.69) is 21.0 Å². The number of hydrogen-bond donors (Lipinski definition) is 1. The zero-order valence-corrected chi connectivity index (χ0v) is 16.5. The fraction of sp³-hybridized carbons (Fsp3) is 1.00. The van der Waals surface area contributed by atoms with E-state index in [9.17, 15) is 8.42 Å². The van der Waals surface area contributed by atoms with Crippen LogP contribution in [-0.2, 0) is 10.1 Å². The van der Waals surface area contributed by atoms with E-state index < -0.39 is 10.1 Å². The molecule has 0 bridgehead atoms. The van der Waals surface area contributed by atoms with Gasteiger partial charge in [-0.15, -0.1) is 0 Å². The zero-order chi connectivity index (χ0) is 17.6. The van der Waals surface area contributed by atoms with E-state index in [4.69, 9.17) is 4.55 Å². The maximum Gasteiger partial charge on any atom is 1.00 e. The topological polar surface area (TPSA) is 54.4 Å². The van der Waals surface area contributed by atoms with Gasteiger partial charge >= 0.3 is 1.43 Å². The highest BCUT2D eigenvalue weighted by atomic mass is 32.2. The predicted octanol–water partition coefficient (Wildman–Crippen LogP) is 4.76. The molecule has 0 aliphatic heterocycles. The molecule has 4 nitrogen and oxygen atoms in total. The number of quaternary nitrogens is 1. The Kier molecular flexibility index (Phi) is 13.1. The highest BCUT2D eigenvalue weighted by molar-refractivity contribution is 7.85. The molecule has 140 valence electrons. The molecule has 0 aliphatic rings.